The van der Waals surface area contributed by atoms with Crippen LogP contribution in [0, 0.1) is 22.7 Å². The highest BCUT2D eigenvalue weighted by Crippen LogP contribution is 2.39. The summed E-state index contributed by atoms with van der Waals surface area (Å²) in [5.41, 5.74) is -2.09. The van der Waals surface area contributed by atoms with Crippen LogP contribution in [-0.2, 0) is 15.7 Å². The number of nitriles is 2. The summed E-state index contributed by atoms with van der Waals surface area (Å²) in [6.07, 6.45) is -13.8. The molecule has 3 rings (SSSR count). The van der Waals surface area contributed by atoms with Crippen molar-refractivity contribution in [2.45, 2.75) is 31.1 Å². The Labute approximate surface area is 195 Å². The van der Waals surface area contributed by atoms with Gasteiger partial charge in [-0.15, -0.1) is 0 Å². The third kappa shape index (κ3) is 6.33. The van der Waals surface area contributed by atoms with E-state index in [2.05, 4.69) is 5.32 Å². The number of alkyl halides is 6. The molecule has 1 aliphatic heterocycles. The molecule has 2 atom stereocenters. The Morgan fingerprint density at radius 3 is 2.37 bits per heavy atom. The minimum Gasteiger partial charge on any atom is -0.491 e. The van der Waals surface area contributed by atoms with Gasteiger partial charge in [0.2, 0.25) is 12.1 Å². The molecule has 7 nitrogen and oxygen atoms in total. The molecule has 0 spiro atoms. The molecule has 1 fully saturated rings. The van der Waals surface area contributed by atoms with Gasteiger partial charge < -0.3 is 19.7 Å². The summed E-state index contributed by atoms with van der Waals surface area (Å²) >= 11 is 0. The summed E-state index contributed by atoms with van der Waals surface area (Å²) in [5, 5.41) is 19.9. The van der Waals surface area contributed by atoms with Crippen molar-refractivity contribution in [1.82, 2.24) is 0 Å². The molecule has 0 aliphatic carbocycles. The average molecular weight is 498 g/mol. The average Bonchev–Trinajstić information content (AvgIpc) is 3.23. The minimum atomic E-state index is -4.93. The van der Waals surface area contributed by atoms with Crippen LogP contribution in [0.3, 0.4) is 0 Å². The summed E-state index contributed by atoms with van der Waals surface area (Å²) in [7, 11) is 0. The third-order valence-corrected chi connectivity index (χ3v) is 4.86. The second-order valence-electron chi connectivity index (χ2n) is 7.36. The molecule has 0 radical (unpaired) electrons. The van der Waals surface area contributed by atoms with Gasteiger partial charge in [-0.05, 0) is 42.5 Å². The lowest BCUT2D eigenvalue weighted by Crippen LogP contribution is -2.42. The molecule has 2 aromatic rings. The lowest BCUT2D eigenvalue weighted by Gasteiger charge is -2.27. The van der Waals surface area contributed by atoms with E-state index in [1.165, 1.54) is 30.3 Å². The van der Waals surface area contributed by atoms with Crippen LogP contribution in [0.25, 0.3) is 0 Å². The fraction of sp³-hybridized carbons (Fsp3) is 0.318. The highest BCUT2D eigenvalue weighted by atomic mass is 19.4. The number of carbonyl (C=O) groups is 1. The monoisotopic (exact) mass is 498 g/mol. The second-order valence-corrected chi connectivity index (χ2v) is 7.36. The number of hydrogen-bond donors (Lipinski definition) is 1. The molecule has 0 saturated carbocycles. The van der Waals surface area contributed by atoms with Gasteiger partial charge in [0.1, 0.15) is 24.9 Å². The van der Waals surface area contributed by atoms with Gasteiger partial charge in [0.25, 0.3) is 0 Å². The highest BCUT2D eigenvalue weighted by Gasteiger charge is 2.51. The number of anilines is 2. The van der Waals surface area contributed by atoms with Gasteiger partial charge in [0.05, 0.1) is 29.8 Å². The van der Waals surface area contributed by atoms with E-state index in [9.17, 15) is 31.1 Å². The van der Waals surface area contributed by atoms with Crippen molar-refractivity contribution >= 4 is 17.3 Å². The standard InChI is InChI=1S/C22H16F6N4O3/c23-21(24,25)18-9-15(4-1-13(18)10-30)32-11-17(35-20(32)22(26,27)28)12-34-16-5-2-14(3-6-16)31-19(33)7-8-29/h1-6,9,17,20H,7,11-12H2,(H,31,33)/t17-,20+/m0/s1. The number of ether oxygens (including phenoxy) is 2. The topological polar surface area (TPSA) is 98.4 Å². The Hall–Kier alpha value is -3.97. The van der Waals surface area contributed by atoms with E-state index in [-0.39, 0.29) is 18.8 Å². The van der Waals surface area contributed by atoms with Crippen molar-refractivity contribution in [3.63, 3.8) is 0 Å². The van der Waals surface area contributed by atoms with E-state index < -0.39 is 54.0 Å². The van der Waals surface area contributed by atoms with Crippen LogP contribution in [0.4, 0.5) is 37.7 Å². The molecule has 0 bridgehead atoms. The number of rotatable bonds is 6. The number of carbonyl (C=O) groups excluding carboxylic acids is 1. The minimum absolute atomic E-state index is 0.242. The van der Waals surface area contributed by atoms with Crippen LogP contribution in [0.1, 0.15) is 17.5 Å². The number of hydrogen-bond acceptors (Lipinski definition) is 6. The fourth-order valence-corrected chi connectivity index (χ4v) is 3.34. The molecular weight excluding hydrogens is 482 g/mol. The zero-order valence-electron chi connectivity index (χ0n) is 17.7. The van der Waals surface area contributed by atoms with E-state index >= 15 is 0 Å². The molecule has 13 heteroatoms. The van der Waals surface area contributed by atoms with Crippen LogP contribution < -0.4 is 15.0 Å². The molecule has 184 valence electrons. The maximum absolute atomic E-state index is 13.6. The quantitative estimate of drug-likeness (QED) is 0.585. The zero-order valence-corrected chi connectivity index (χ0v) is 17.7. The van der Waals surface area contributed by atoms with Crippen LogP contribution in [0.5, 0.6) is 5.75 Å². The number of amides is 1. The lowest BCUT2D eigenvalue weighted by molar-refractivity contribution is -0.215. The first-order chi connectivity index (χ1) is 16.4. The smallest absolute Gasteiger partial charge is 0.433 e. The second kappa shape index (κ2) is 10.1. The van der Waals surface area contributed by atoms with E-state index in [1.807, 2.05) is 0 Å². The largest absolute Gasteiger partial charge is 0.491 e. The number of benzene rings is 2. The summed E-state index contributed by atoms with van der Waals surface area (Å²) in [6, 6.07) is 11.2. The van der Waals surface area contributed by atoms with Crippen molar-refractivity contribution in [3.05, 3.63) is 53.6 Å². The fourth-order valence-electron chi connectivity index (χ4n) is 3.34. The van der Waals surface area contributed by atoms with Gasteiger partial charge >= 0.3 is 12.4 Å². The summed E-state index contributed by atoms with van der Waals surface area (Å²) in [5.74, 6) is -0.276. The van der Waals surface area contributed by atoms with Gasteiger partial charge in [0, 0.05) is 11.4 Å². The molecule has 0 unspecified atom stereocenters. The van der Waals surface area contributed by atoms with Gasteiger partial charge in [-0.1, -0.05) is 0 Å². The van der Waals surface area contributed by atoms with Crippen LogP contribution >= 0.6 is 0 Å². The van der Waals surface area contributed by atoms with Crippen molar-refractivity contribution in [1.29, 1.82) is 10.5 Å². The molecule has 35 heavy (non-hydrogen) atoms. The van der Waals surface area contributed by atoms with Gasteiger partial charge in [-0.3, -0.25) is 4.79 Å². The molecule has 1 saturated heterocycles. The van der Waals surface area contributed by atoms with Crippen molar-refractivity contribution in [2.75, 3.05) is 23.4 Å². The molecule has 0 aromatic heterocycles. The SMILES string of the molecule is N#CCC(=O)Nc1ccc(OC[C@@H]2CN(c3ccc(C#N)c(C(F)(F)F)c3)[C@@H](C(F)(F)F)O2)cc1. The Balaban J connectivity index is 1.73. The first-order valence-electron chi connectivity index (χ1n) is 9.92. The third-order valence-electron chi connectivity index (χ3n) is 4.86. The van der Waals surface area contributed by atoms with E-state index in [4.69, 9.17) is 20.0 Å². The zero-order chi connectivity index (χ0) is 25.8. The van der Waals surface area contributed by atoms with Crippen molar-refractivity contribution in [3.8, 4) is 17.9 Å². The molecule has 1 aliphatic rings. The lowest BCUT2D eigenvalue weighted by atomic mass is 10.1. The summed E-state index contributed by atoms with van der Waals surface area (Å²) in [6.45, 7) is -0.763. The normalized spacial score (nSPS) is 18.0. The summed E-state index contributed by atoms with van der Waals surface area (Å²) in [4.78, 5) is 12.0. The molecule has 1 N–H and O–H groups in total. The van der Waals surface area contributed by atoms with Gasteiger partial charge in [-0.2, -0.15) is 36.9 Å². The Kier molecular flexibility index (Phi) is 7.41. The van der Waals surface area contributed by atoms with Crippen molar-refractivity contribution in [2.24, 2.45) is 0 Å². The van der Waals surface area contributed by atoms with E-state index in [0.29, 0.717) is 16.7 Å². The van der Waals surface area contributed by atoms with Gasteiger partial charge in [-0.25, -0.2) is 0 Å². The first-order valence-corrected chi connectivity index (χ1v) is 9.92. The number of halogens is 6. The summed E-state index contributed by atoms with van der Waals surface area (Å²) < 4.78 is 91.1. The Bertz CT molecular complexity index is 1150. The molecule has 1 amide bonds. The van der Waals surface area contributed by atoms with Crippen LogP contribution in [0.15, 0.2) is 42.5 Å². The molecule has 1 heterocycles. The Morgan fingerprint density at radius 2 is 1.80 bits per heavy atom. The first kappa shape index (κ1) is 25.6. The predicted octanol–water partition coefficient (Wildman–Crippen LogP) is 4.60. The highest BCUT2D eigenvalue weighted by molar-refractivity contribution is 5.92. The van der Waals surface area contributed by atoms with Crippen LogP contribution in [-0.4, -0.2) is 37.6 Å². The van der Waals surface area contributed by atoms with E-state index in [1.54, 1.807) is 6.07 Å². The number of nitrogens with zero attached hydrogens (tertiary/aromatic N) is 3. The maximum atomic E-state index is 13.6. The van der Waals surface area contributed by atoms with Crippen LogP contribution in [0.2, 0.25) is 0 Å². The Morgan fingerprint density at radius 1 is 1.11 bits per heavy atom. The maximum Gasteiger partial charge on any atom is 0.433 e. The van der Waals surface area contributed by atoms with Crippen molar-refractivity contribution < 1.29 is 40.6 Å². The van der Waals surface area contributed by atoms with E-state index in [0.717, 1.165) is 12.1 Å². The predicted molar refractivity (Wildman–Crippen MR) is 109 cm³/mol. The molecule has 2 aromatic carbocycles. The van der Waals surface area contributed by atoms with Gasteiger partial charge in [0.15, 0.2) is 0 Å². The number of nitrogens with one attached hydrogen (secondary N) is 1. The molecular formula is C22H16F6N4O3.